The van der Waals surface area contributed by atoms with Crippen molar-refractivity contribution in [1.29, 1.82) is 0 Å². The highest BCUT2D eigenvalue weighted by Crippen LogP contribution is 2.20. The second-order valence-electron chi connectivity index (χ2n) is 4.16. The monoisotopic (exact) mass is 273 g/mol. The predicted octanol–water partition coefficient (Wildman–Crippen LogP) is 1.74. The Kier molecular flexibility index (Phi) is 3.47. The molecule has 5 nitrogen and oxygen atoms in total. The number of nitrogens with one attached hydrogen (secondary N) is 1. The third-order valence-corrected chi connectivity index (χ3v) is 2.71. The van der Waals surface area contributed by atoms with Crippen LogP contribution in [0, 0.1) is 6.92 Å². The summed E-state index contributed by atoms with van der Waals surface area (Å²) in [6, 6.07) is 1.17. The number of aryl methyl sites for hydroxylation is 1. The molecule has 0 aromatic carbocycles. The third kappa shape index (κ3) is 2.35. The summed E-state index contributed by atoms with van der Waals surface area (Å²) >= 11 is 0. The molecule has 0 radical (unpaired) electrons. The van der Waals surface area contributed by atoms with Gasteiger partial charge in [0.25, 0.3) is 11.1 Å². The number of H-pyrrole nitrogens is 1. The van der Waals surface area contributed by atoms with Crippen molar-refractivity contribution in [3.8, 4) is 0 Å². The molecular weight excluding hydrogens is 261 g/mol. The number of allylic oxidation sites excluding steroid dienone is 4. The van der Waals surface area contributed by atoms with Crippen molar-refractivity contribution < 1.29 is 4.39 Å². The SMILES string of the molecule is C=C/C=C(\C(=C)F)c1cc(=O)n2cc(C)c(=O)[nH]c2n1. The summed E-state index contributed by atoms with van der Waals surface area (Å²) in [6.07, 6.45) is 4.10. The minimum Gasteiger partial charge on any atom is -0.292 e. The van der Waals surface area contributed by atoms with Crippen LogP contribution in [0.4, 0.5) is 4.39 Å². The fraction of sp³-hybridized carbons (Fsp3) is 0.0714. The molecule has 2 heterocycles. The van der Waals surface area contributed by atoms with Gasteiger partial charge < -0.3 is 0 Å². The summed E-state index contributed by atoms with van der Waals surface area (Å²) in [5, 5.41) is 0. The summed E-state index contributed by atoms with van der Waals surface area (Å²) in [7, 11) is 0. The van der Waals surface area contributed by atoms with E-state index in [9.17, 15) is 14.0 Å². The van der Waals surface area contributed by atoms with Crippen LogP contribution in [0.5, 0.6) is 0 Å². The zero-order valence-corrected chi connectivity index (χ0v) is 10.8. The lowest BCUT2D eigenvalue weighted by molar-refractivity contribution is 0.677. The molecule has 0 aliphatic carbocycles. The van der Waals surface area contributed by atoms with Gasteiger partial charge in [-0.05, 0) is 6.92 Å². The van der Waals surface area contributed by atoms with E-state index in [4.69, 9.17) is 0 Å². The summed E-state index contributed by atoms with van der Waals surface area (Å²) < 4.78 is 14.6. The normalized spacial score (nSPS) is 11.6. The number of halogens is 1. The second-order valence-corrected chi connectivity index (χ2v) is 4.16. The van der Waals surface area contributed by atoms with Crippen LogP contribution in [0.25, 0.3) is 11.4 Å². The Bertz CT molecular complexity index is 859. The van der Waals surface area contributed by atoms with E-state index >= 15 is 0 Å². The van der Waals surface area contributed by atoms with E-state index in [1.807, 2.05) is 0 Å². The molecule has 0 amide bonds. The molecule has 0 aliphatic heterocycles. The molecule has 102 valence electrons. The highest BCUT2D eigenvalue weighted by atomic mass is 19.1. The van der Waals surface area contributed by atoms with Gasteiger partial charge in [-0.3, -0.25) is 19.0 Å². The van der Waals surface area contributed by atoms with Crippen LogP contribution in [0.1, 0.15) is 11.3 Å². The van der Waals surface area contributed by atoms with Gasteiger partial charge in [0.15, 0.2) is 0 Å². The Morgan fingerprint density at radius 2 is 2.20 bits per heavy atom. The van der Waals surface area contributed by atoms with Gasteiger partial charge in [0.05, 0.1) is 5.69 Å². The molecule has 0 saturated heterocycles. The number of hydrogen-bond donors (Lipinski definition) is 1. The summed E-state index contributed by atoms with van der Waals surface area (Å²) in [6.45, 7) is 8.23. The molecule has 1 N–H and O–H groups in total. The molecule has 0 saturated carbocycles. The topological polar surface area (TPSA) is 67.2 Å². The molecule has 20 heavy (non-hydrogen) atoms. The second kappa shape index (κ2) is 5.08. The molecule has 0 spiro atoms. The molecular formula is C14H12FN3O2. The van der Waals surface area contributed by atoms with Gasteiger partial charge in [-0.1, -0.05) is 25.3 Å². The van der Waals surface area contributed by atoms with Gasteiger partial charge in [0.1, 0.15) is 5.83 Å². The lowest BCUT2D eigenvalue weighted by Crippen LogP contribution is -2.22. The first-order valence-corrected chi connectivity index (χ1v) is 5.75. The molecule has 6 heteroatoms. The van der Waals surface area contributed by atoms with Crippen LogP contribution in [0.3, 0.4) is 0 Å². The molecule has 2 aromatic heterocycles. The Morgan fingerprint density at radius 1 is 1.50 bits per heavy atom. The first-order chi connectivity index (χ1) is 9.43. The number of hydrogen-bond acceptors (Lipinski definition) is 3. The average Bonchev–Trinajstić information content (AvgIpc) is 2.37. The van der Waals surface area contributed by atoms with E-state index in [1.54, 1.807) is 6.92 Å². The maximum Gasteiger partial charge on any atom is 0.259 e. The fourth-order valence-electron chi connectivity index (χ4n) is 1.73. The highest BCUT2D eigenvalue weighted by Gasteiger charge is 2.11. The lowest BCUT2D eigenvalue weighted by Gasteiger charge is -2.06. The van der Waals surface area contributed by atoms with E-state index in [-0.39, 0.29) is 22.6 Å². The molecule has 0 bridgehead atoms. The Balaban J connectivity index is 2.82. The van der Waals surface area contributed by atoms with Crippen LogP contribution < -0.4 is 11.1 Å². The lowest BCUT2D eigenvalue weighted by atomic mass is 10.1. The van der Waals surface area contributed by atoms with E-state index in [2.05, 4.69) is 23.1 Å². The maximum absolute atomic E-state index is 13.4. The predicted molar refractivity (Wildman–Crippen MR) is 75.2 cm³/mol. The Hall–Kier alpha value is -2.76. The Morgan fingerprint density at radius 3 is 2.80 bits per heavy atom. The van der Waals surface area contributed by atoms with Gasteiger partial charge in [-0.2, -0.15) is 0 Å². The summed E-state index contributed by atoms with van der Waals surface area (Å²) in [5.74, 6) is -0.699. The zero-order chi connectivity index (χ0) is 14.9. The number of nitrogens with zero attached hydrogens (tertiary/aromatic N) is 2. The van der Waals surface area contributed by atoms with Crippen molar-refractivity contribution in [3.05, 3.63) is 75.4 Å². The van der Waals surface area contributed by atoms with Crippen LogP contribution in [-0.2, 0) is 0 Å². The van der Waals surface area contributed by atoms with Crippen LogP contribution in [-0.4, -0.2) is 14.4 Å². The summed E-state index contributed by atoms with van der Waals surface area (Å²) in [4.78, 5) is 30.1. The van der Waals surface area contributed by atoms with Gasteiger partial charge in [-0.25, -0.2) is 9.37 Å². The third-order valence-electron chi connectivity index (χ3n) is 2.71. The van der Waals surface area contributed by atoms with Crippen molar-refractivity contribution in [2.75, 3.05) is 0 Å². The number of aromatic nitrogens is 3. The van der Waals surface area contributed by atoms with Crippen molar-refractivity contribution >= 4 is 11.4 Å². The van der Waals surface area contributed by atoms with Crippen molar-refractivity contribution in [3.63, 3.8) is 0 Å². The quantitative estimate of drug-likeness (QED) is 0.866. The largest absolute Gasteiger partial charge is 0.292 e. The van der Waals surface area contributed by atoms with E-state index < -0.39 is 11.4 Å². The minimum absolute atomic E-state index is 0.0410. The zero-order valence-electron chi connectivity index (χ0n) is 10.8. The molecule has 2 aromatic rings. The van der Waals surface area contributed by atoms with Crippen molar-refractivity contribution in [2.45, 2.75) is 6.92 Å². The van der Waals surface area contributed by atoms with Crippen LogP contribution in [0.2, 0.25) is 0 Å². The Labute approximate surface area is 113 Å². The molecule has 2 rings (SSSR count). The van der Waals surface area contributed by atoms with Gasteiger partial charge in [-0.15, -0.1) is 0 Å². The number of rotatable bonds is 3. The van der Waals surface area contributed by atoms with E-state index in [0.717, 1.165) is 0 Å². The van der Waals surface area contributed by atoms with Gasteiger partial charge in [0.2, 0.25) is 5.78 Å². The average molecular weight is 273 g/mol. The molecule has 0 atom stereocenters. The van der Waals surface area contributed by atoms with E-state index in [0.29, 0.717) is 5.56 Å². The maximum atomic E-state index is 13.4. The standard InChI is InChI=1S/C14H12FN3O2/c1-4-5-10(9(3)15)11-6-12(19)18-7-8(2)13(20)17-14(18)16-11/h4-7H,1,3H2,2H3,(H,16,17,20)/b10-5+. The van der Waals surface area contributed by atoms with Crippen molar-refractivity contribution in [1.82, 2.24) is 14.4 Å². The summed E-state index contributed by atoms with van der Waals surface area (Å²) in [5.41, 5.74) is -0.281. The number of aromatic amines is 1. The molecule has 0 unspecified atom stereocenters. The minimum atomic E-state index is -0.740. The van der Waals surface area contributed by atoms with Crippen LogP contribution >= 0.6 is 0 Å². The van der Waals surface area contributed by atoms with E-state index in [1.165, 1.54) is 28.8 Å². The molecule has 0 fully saturated rings. The molecule has 0 aliphatic rings. The fourth-order valence-corrected chi connectivity index (χ4v) is 1.73. The smallest absolute Gasteiger partial charge is 0.259 e. The van der Waals surface area contributed by atoms with Gasteiger partial charge >= 0.3 is 0 Å². The highest BCUT2D eigenvalue weighted by molar-refractivity contribution is 5.75. The first kappa shape index (κ1) is 13.7. The van der Waals surface area contributed by atoms with Crippen LogP contribution in [0.15, 0.2) is 53.0 Å². The number of fused-ring (bicyclic) bond motifs is 1. The van der Waals surface area contributed by atoms with Crippen molar-refractivity contribution in [2.24, 2.45) is 0 Å². The van der Waals surface area contributed by atoms with Gasteiger partial charge in [0, 0.05) is 23.4 Å². The first-order valence-electron chi connectivity index (χ1n) is 5.75.